The fourth-order valence-corrected chi connectivity index (χ4v) is 3.49. The second-order valence-electron chi connectivity index (χ2n) is 5.93. The van der Waals surface area contributed by atoms with Crippen LogP contribution in [0.5, 0.6) is 0 Å². The van der Waals surface area contributed by atoms with Gasteiger partial charge in [0.2, 0.25) is 5.91 Å². The quantitative estimate of drug-likeness (QED) is 0.916. The first-order valence-electron chi connectivity index (χ1n) is 7.38. The fourth-order valence-electron chi connectivity index (χ4n) is 3.05. The van der Waals surface area contributed by atoms with E-state index in [0.29, 0.717) is 12.6 Å². The molecule has 0 radical (unpaired) electrons. The summed E-state index contributed by atoms with van der Waals surface area (Å²) in [5.74, 6) is -0.0276. The van der Waals surface area contributed by atoms with E-state index < -0.39 is 6.10 Å². The van der Waals surface area contributed by atoms with Crippen molar-refractivity contribution in [2.75, 3.05) is 0 Å². The minimum atomic E-state index is -0.439. The summed E-state index contributed by atoms with van der Waals surface area (Å²) in [6.07, 6.45) is 4.33. The number of rotatable bonds is 4. The van der Waals surface area contributed by atoms with Gasteiger partial charge in [0, 0.05) is 17.1 Å². The molecule has 3 nitrogen and oxygen atoms in total. The van der Waals surface area contributed by atoms with Gasteiger partial charge in [0.05, 0.1) is 12.0 Å². The third kappa shape index (κ3) is 3.07. The van der Waals surface area contributed by atoms with E-state index in [1.54, 1.807) is 0 Å². The van der Waals surface area contributed by atoms with Crippen LogP contribution in [0.25, 0.3) is 0 Å². The molecule has 2 saturated carbocycles. The number of nitrogens with zero attached hydrogens (tertiary/aromatic N) is 1. The molecule has 2 unspecified atom stereocenters. The third-order valence-corrected chi connectivity index (χ3v) is 4.80. The molecule has 0 aliphatic heterocycles. The SMILES string of the molecule is O=C(C1CCCC1O)N(Cc1cccc(Br)c1)C1CC1. The summed E-state index contributed by atoms with van der Waals surface area (Å²) in [4.78, 5) is 14.7. The average Bonchev–Trinajstić information content (AvgIpc) is 3.17. The van der Waals surface area contributed by atoms with Gasteiger partial charge >= 0.3 is 0 Å². The minimum absolute atomic E-state index is 0.150. The van der Waals surface area contributed by atoms with Crippen LogP contribution in [0, 0.1) is 5.92 Å². The molecule has 4 heteroatoms. The van der Waals surface area contributed by atoms with Crippen LogP contribution in [0.3, 0.4) is 0 Å². The van der Waals surface area contributed by atoms with Crippen molar-refractivity contribution in [2.24, 2.45) is 5.92 Å². The zero-order valence-corrected chi connectivity index (χ0v) is 13.1. The Morgan fingerprint density at radius 3 is 2.70 bits per heavy atom. The van der Waals surface area contributed by atoms with E-state index in [1.165, 1.54) is 0 Å². The Morgan fingerprint density at radius 2 is 2.10 bits per heavy atom. The number of aliphatic hydroxyl groups is 1. The Bertz CT molecular complexity index is 501. The lowest BCUT2D eigenvalue weighted by Crippen LogP contribution is -2.40. The molecule has 20 heavy (non-hydrogen) atoms. The molecule has 0 bridgehead atoms. The largest absolute Gasteiger partial charge is 0.392 e. The Morgan fingerprint density at radius 1 is 1.30 bits per heavy atom. The van der Waals surface area contributed by atoms with Crippen molar-refractivity contribution in [1.82, 2.24) is 4.90 Å². The molecule has 2 aliphatic rings. The molecule has 0 aromatic heterocycles. The second kappa shape index (κ2) is 5.86. The number of halogens is 1. The van der Waals surface area contributed by atoms with Crippen molar-refractivity contribution < 1.29 is 9.90 Å². The topological polar surface area (TPSA) is 40.5 Å². The third-order valence-electron chi connectivity index (χ3n) is 4.31. The molecule has 3 rings (SSSR count). The van der Waals surface area contributed by atoms with Crippen LogP contribution in [0.15, 0.2) is 28.7 Å². The van der Waals surface area contributed by atoms with Gasteiger partial charge in [-0.05, 0) is 49.8 Å². The van der Waals surface area contributed by atoms with Crippen molar-refractivity contribution in [3.8, 4) is 0 Å². The van der Waals surface area contributed by atoms with E-state index in [4.69, 9.17) is 0 Å². The maximum Gasteiger partial charge on any atom is 0.228 e. The molecule has 108 valence electrons. The smallest absolute Gasteiger partial charge is 0.228 e. The molecule has 1 N–H and O–H groups in total. The van der Waals surface area contributed by atoms with Crippen LogP contribution in [0.1, 0.15) is 37.7 Å². The molecule has 1 aromatic carbocycles. The Labute approximate surface area is 128 Å². The van der Waals surface area contributed by atoms with Gasteiger partial charge in [0.1, 0.15) is 0 Å². The van der Waals surface area contributed by atoms with E-state index >= 15 is 0 Å². The first kappa shape index (κ1) is 14.1. The molecular formula is C16H20BrNO2. The van der Waals surface area contributed by atoms with E-state index in [-0.39, 0.29) is 11.8 Å². The van der Waals surface area contributed by atoms with E-state index in [0.717, 1.165) is 42.1 Å². The Balaban J connectivity index is 1.74. The predicted molar refractivity (Wildman–Crippen MR) is 81.1 cm³/mol. The van der Waals surface area contributed by atoms with E-state index in [2.05, 4.69) is 28.1 Å². The number of carbonyl (C=O) groups excluding carboxylic acids is 1. The van der Waals surface area contributed by atoms with Gasteiger partial charge in [-0.3, -0.25) is 4.79 Å². The first-order valence-corrected chi connectivity index (χ1v) is 8.17. The van der Waals surface area contributed by atoms with Crippen molar-refractivity contribution in [3.05, 3.63) is 34.3 Å². The lowest BCUT2D eigenvalue weighted by atomic mass is 10.0. The van der Waals surface area contributed by atoms with Crippen molar-refractivity contribution in [3.63, 3.8) is 0 Å². The zero-order valence-electron chi connectivity index (χ0n) is 11.5. The van der Waals surface area contributed by atoms with E-state index in [1.807, 2.05) is 17.0 Å². The summed E-state index contributed by atoms with van der Waals surface area (Å²) >= 11 is 3.47. The maximum atomic E-state index is 12.7. The van der Waals surface area contributed by atoms with E-state index in [9.17, 15) is 9.90 Å². The molecule has 0 heterocycles. The van der Waals surface area contributed by atoms with Gasteiger partial charge in [-0.2, -0.15) is 0 Å². The number of amides is 1. The van der Waals surface area contributed by atoms with Crippen molar-refractivity contribution in [2.45, 2.75) is 50.8 Å². The van der Waals surface area contributed by atoms with Gasteiger partial charge in [-0.1, -0.05) is 28.1 Å². The standard InChI is InChI=1S/C16H20BrNO2/c17-12-4-1-3-11(9-12)10-18(13-7-8-13)16(20)14-5-2-6-15(14)19/h1,3-4,9,13-15,19H,2,5-8,10H2. The lowest BCUT2D eigenvalue weighted by molar-refractivity contribution is -0.139. The van der Waals surface area contributed by atoms with Crippen LogP contribution in [0.4, 0.5) is 0 Å². The molecule has 1 amide bonds. The number of hydrogen-bond donors (Lipinski definition) is 1. The monoisotopic (exact) mass is 337 g/mol. The predicted octanol–water partition coefficient (Wildman–Crippen LogP) is 3.10. The first-order chi connectivity index (χ1) is 9.65. The fraction of sp³-hybridized carbons (Fsp3) is 0.562. The highest BCUT2D eigenvalue weighted by Gasteiger charge is 2.39. The van der Waals surface area contributed by atoms with Crippen LogP contribution < -0.4 is 0 Å². The van der Waals surface area contributed by atoms with Gasteiger partial charge in [0.15, 0.2) is 0 Å². The zero-order chi connectivity index (χ0) is 14.1. The van der Waals surface area contributed by atoms with Crippen molar-refractivity contribution >= 4 is 21.8 Å². The molecule has 2 atom stereocenters. The Kier molecular flexibility index (Phi) is 4.13. The maximum absolute atomic E-state index is 12.7. The van der Waals surface area contributed by atoms with Crippen molar-refractivity contribution in [1.29, 1.82) is 0 Å². The Hall–Kier alpha value is -0.870. The number of benzene rings is 1. The van der Waals surface area contributed by atoms with Crippen LogP contribution >= 0.6 is 15.9 Å². The molecule has 2 fully saturated rings. The average molecular weight is 338 g/mol. The summed E-state index contributed by atoms with van der Waals surface area (Å²) in [6, 6.07) is 8.49. The molecule has 1 aromatic rings. The van der Waals surface area contributed by atoms with Gasteiger partial charge < -0.3 is 10.0 Å². The summed E-state index contributed by atoms with van der Waals surface area (Å²) < 4.78 is 1.04. The molecule has 2 aliphatic carbocycles. The van der Waals surface area contributed by atoms with Gasteiger partial charge in [0.25, 0.3) is 0 Å². The van der Waals surface area contributed by atoms with Crippen LogP contribution in [0.2, 0.25) is 0 Å². The lowest BCUT2D eigenvalue weighted by Gasteiger charge is -2.27. The highest BCUT2D eigenvalue weighted by atomic mass is 79.9. The van der Waals surface area contributed by atoms with Gasteiger partial charge in [-0.15, -0.1) is 0 Å². The highest BCUT2D eigenvalue weighted by Crippen LogP contribution is 2.34. The number of hydrogen-bond acceptors (Lipinski definition) is 2. The summed E-state index contributed by atoms with van der Waals surface area (Å²) in [7, 11) is 0. The number of aliphatic hydroxyl groups excluding tert-OH is 1. The van der Waals surface area contributed by atoms with Gasteiger partial charge in [-0.25, -0.2) is 0 Å². The number of carbonyl (C=O) groups is 1. The summed E-state index contributed by atoms with van der Waals surface area (Å²) in [5, 5.41) is 9.97. The minimum Gasteiger partial charge on any atom is -0.392 e. The summed E-state index contributed by atoms with van der Waals surface area (Å²) in [5.41, 5.74) is 1.15. The molecule has 0 spiro atoms. The van der Waals surface area contributed by atoms with Crippen LogP contribution in [-0.4, -0.2) is 28.1 Å². The highest BCUT2D eigenvalue weighted by molar-refractivity contribution is 9.10. The second-order valence-corrected chi connectivity index (χ2v) is 6.85. The molecule has 0 saturated heterocycles. The summed E-state index contributed by atoms with van der Waals surface area (Å²) in [6.45, 7) is 0.659. The molecular weight excluding hydrogens is 318 g/mol. The normalized spacial score (nSPS) is 25.7. The van der Waals surface area contributed by atoms with Crippen LogP contribution in [-0.2, 0) is 11.3 Å².